The second-order valence-electron chi connectivity index (χ2n) is 5.65. The van der Waals surface area contributed by atoms with Gasteiger partial charge in [0.05, 0.1) is 0 Å². The SMILES string of the molecule is C=CCN(c1nc(C)cc(C)c1C(=O)O)C(C)(C)C. The zero-order valence-corrected chi connectivity index (χ0v) is 12.3. The number of aromatic nitrogens is 1. The number of carbonyl (C=O) groups is 1. The first-order chi connectivity index (χ1) is 8.68. The molecule has 104 valence electrons. The average Bonchev–Trinajstić information content (AvgIpc) is 2.22. The standard InChI is InChI=1S/C15H22N2O2/c1-7-8-17(15(4,5)6)13-12(14(18)19)10(2)9-11(3)16-13/h7,9H,1,8H2,2-6H3,(H,18,19). The molecule has 0 aliphatic rings. The van der Waals surface area contributed by atoms with Crippen LogP contribution in [0.25, 0.3) is 0 Å². The quantitative estimate of drug-likeness (QED) is 0.847. The molecular formula is C15H22N2O2. The summed E-state index contributed by atoms with van der Waals surface area (Å²) in [5, 5.41) is 9.43. The molecule has 4 nitrogen and oxygen atoms in total. The maximum Gasteiger partial charge on any atom is 0.339 e. The monoisotopic (exact) mass is 262 g/mol. The van der Waals surface area contributed by atoms with Crippen LogP contribution in [0.4, 0.5) is 5.82 Å². The number of anilines is 1. The number of aryl methyl sites for hydroxylation is 2. The fraction of sp³-hybridized carbons (Fsp3) is 0.467. The first-order valence-corrected chi connectivity index (χ1v) is 6.28. The van der Waals surface area contributed by atoms with Crippen molar-refractivity contribution in [3.05, 3.63) is 35.5 Å². The molecule has 4 heteroatoms. The van der Waals surface area contributed by atoms with Gasteiger partial charge in [-0.1, -0.05) is 6.08 Å². The predicted molar refractivity (Wildman–Crippen MR) is 78.0 cm³/mol. The molecular weight excluding hydrogens is 240 g/mol. The third kappa shape index (κ3) is 3.34. The van der Waals surface area contributed by atoms with Crippen LogP contribution >= 0.6 is 0 Å². The molecule has 1 rings (SSSR count). The van der Waals surface area contributed by atoms with Gasteiger partial charge < -0.3 is 10.0 Å². The Morgan fingerprint density at radius 1 is 1.47 bits per heavy atom. The van der Waals surface area contributed by atoms with Gasteiger partial charge in [-0.25, -0.2) is 9.78 Å². The molecule has 0 atom stereocenters. The summed E-state index contributed by atoms with van der Waals surface area (Å²) in [6, 6.07) is 1.79. The molecule has 0 aliphatic heterocycles. The highest BCUT2D eigenvalue weighted by Gasteiger charge is 2.27. The molecule has 1 aromatic rings. The number of carboxylic acids is 1. The van der Waals surface area contributed by atoms with Crippen LogP contribution in [0.15, 0.2) is 18.7 Å². The highest BCUT2D eigenvalue weighted by Crippen LogP contribution is 2.28. The summed E-state index contributed by atoms with van der Waals surface area (Å²) in [6.07, 6.45) is 1.76. The van der Waals surface area contributed by atoms with Crippen molar-refractivity contribution in [1.29, 1.82) is 0 Å². The fourth-order valence-electron chi connectivity index (χ4n) is 2.08. The van der Waals surface area contributed by atoms with Crippen molar-refractivity contribution >= 4 is 11.8 Å². The van der Waals surface area contributed by atoms with Gasteiger partial charge in [-0.2, -0.15) is 0 Å². The van der Waals surface area contributed by atoms with Crippen molar-refractivity contribution in [1.82, 2.24) is 4.98 Å². The number of hydrogen-bond donors (Lipinski definition) is 1. The normalized spacial score (nSPS) is 11.2. The maximum absolute atomic E-state index is 11.5. The van der Waals surface area contributed by atoms with Gasteiger partial charge in [0.2, 0.25) is 0 Å². The Balaban J connectivity index is 3.53. The van der Waals surface area contributed by atoms with Crippen molar-refractivity contribution in [2.75, 3.05) is 11.4 Å². The lowest BCUT2D eigenvalue weighted by Gasteiger charge is -2.37. The Hall–Kier alpha value is -1.84. The zero-order valence-electron chi connectivity index (χ0n) is 12.3. The summed E-state index contributed by atoms with van der Waals surface area (Å²) < 4.78 is 0. The van der Waals surface area contributed by atoms with Crippen LogP contribution < -0.4 is 4.90 Å². The van der Waals surface area contributed by atoms with Gasteiger partial charge in [0.25, 0.3) is 0 Å². The molecule has 19 heavy (non-hydrogen) atoms. The maximum atomic E-state index is 11.5. The van der Waals surface area contributed by atoms with Crippen LogP contribution in [0.5, 0.6) is 0 Å². The van der Waals surface area contributed by atoms with Gasteiger partial charge in [-0.3, -0.25) is 0 Å². The van der Waals surface area contributed by atoms with E-state index < -0.39 is 5.97 Å². The van der Waals surface area contributed by atoms with Crippen LogP contribution in [0, 0.1) is 13.8 Å². The van der Waals surface area contributed by atoms with E-state index in [0.29, 0.717) is 12.4 Å². The van der Waals surface area contributed by atoms with E-state index in [1.807, 2.05) is 32.6 Å². The predicted octanol–water partition coefficient (Wildman–Crippen LogP) is 3.19. The minimum absolute atomic E-state index is 0.231. The van der Waals surface area contributed by atoms with Gasteiger partial charge in [0, 0.05) is 17.8 Å². The van der Waals surface area contributed by atoms with Crippen molar-refractivity contribution in [3.8, 4) is 0 Å². The summed E-state index contributed by atoms with van der Waals surface area (Å²) >= 11 is 0. The van der Waals surface area contributed by atoms with Crippen LogP contribution in [-0.4, -0.2) is 28.1 Å². The van der Waals surface area contributed by atoms with Crippen molar-refractivity contribution in [2.24, 2.45) is 0 Å². The fourth-order valence-corrected chi connectivity index (χ4v) is 2.08. The largest absolute Gasteiger partial charge is 0.478 e. The lowest BCUT2D eigenvalue weighted by Crippen LogP contribution is -2.43. The lowest BCUT2D eigenvalue weighted by molar-refractivity contribution is 0.0696. The Bertz CT molecular complexity index is 502. The minimum atomic E-state index is -0.946. The molecule has 1 N–H and O–H groups in total. The van der Waals surface area contributed by atoms with E-state index in [1.54, 1.807) is 19.1 Å². The van der Waals surface area contributed by atoms with Gasteiger partial charge in [0.1, 0.15) is 11.4 Å². The van der Waals surface area contributed by atoms with Crippen molar-refractivity contribution < 1.29 is 9.90 Å². The Morgan fingerprint density at radius 2 is 2.05 bits per heavy atom. The van der Waals surface area contributed by atoms with Gasteiger partial charge in [0.15, 0.2) is 0 Å². The molecule has 0 bridgehead atoms. The topological polar surface area (TPSA) is 53.4 Å². The Kier molecular flexibility index (Phi) is 4.35. The van der Waals surface area contributed by atoms with E-state index in [-0.39, 0.29) is 11.1 Å². The summed E-state index contributed by atoms with van der Waals surface area (Å²) in [4.78, 5) is 17.9. The third-order valence-electron chi connectivity index (χ3n) is 2.92. The number of carboxylic acid groups (broad SMARTS) is 1. The first kappa shape index (κ1) is 15.2. The van der Waals surface area contributed by atoms with Crippen molar-refractivity contribution in [3.63, 3.8) is 0 Å². The third-order valence-corrected chi connectivity index (χ3v) is 2.92. The smallest absolute Gasteiger partial charge is 0.339 e. The number of rotatable bonds is 4. The second kappa shape index (κ2) is 5.43. The van der Waals surface area contributed by atoms with E-state index in [1.165, 1.54) is 0 Å². The van der Waals surface area contributed by atoms with Gasteiger partial charge in [-0.15, -0.1) is 6.58 Å². The molecule has 0 spiro atoms. The molecule has 0 aromatic carbocycles. The molecule has 0 saturated heterocycles. The van der Waals surface area contributed by atoms with Crippen LogP contribution in [-0.2, 0) is 0 Å². The number of aromatic carboxylic acids is 1. The van der Waals surface area contributed by atoms with Gasteiger partial charge in [-0.05, 0) is 46.2 Å². The molecule has 0 aliphatic carbocycles. The number of nitrogens with zero attached hydrogens (tertiary/aromatic N) is 2. The van der Waals surface area contributed by atoms with Crippen LogP contribution in [0.2, 0.25) is 0 Å². The number of pyridine rings is 1. The highest BCUT2D eigenvalue weighted by molar-refractivity contribution is 5.95. The van der Waals surface area contributed by atoms with E-state index in [4.69, 9.17) is 0 Å². The molecule has 1 aromatic heterocycles. The Morgan fingerprint density at radius 3 is 2.47 bits per heavy atom. The molecule has 1 heterocycles. The van der Waals surface area contributed by atoms with E-state index in [2.05, 4.69) is 11.6 Å². The summed E-state index contributed by atoms with van der Waals surface area (Å²) in [5.74, 6) is -0.435. The minimum Gasteiger partial charge on any atom is -0.478 e. The second-order valence-corrected chi connectivity index (χ2v) is 5.65. The highest BCUT2D eigenvalue weighted by atomic mass is 16.4. The molecule has 0 amide bonds. The Labute approximate surface area is 114 Å². The molecule has 0 unspecified atom stereocenters. The summed E-state index contributed by atoms with van der Waals surface area (Å²) in [5.41, 5.74) is 1.58. The molecule has 0 radical (unpaired) electrons. The average molecular weight is 262 g/mol. The first-order valence-electron chi connectivity index (χ1n) is 6.28. The van der Waals surface area contributed by atoms with Crippen LogP contribution in [0.1, 0.15) is 42.4 Å². The van der Waals surface area contributed by atoms with E-state index in [9.17, 15) is 9.90 Å². The van der Waals surface area contributed by atoms with E-state index in [0.717, 1.165) is 11.3 Å². The summed E-state index contributed by atoms with van der Waals surface area (Å²) in [7, 11) is 0. The number of hydrogen-bond acceptors (Lipinski definition) is 3. The van der Waals surface area contributed by atoms with Crippen molar-refractivity contribution in [2.45, 2.75) is 40.2 Å². The lowest BCUT2D eigenvalue weighted by atomic mass is 10.0. The molecule has 0 saturated carbocycles. The molecule has 0 fully saturated rings. The zero-order chi connectivity index (χ0) is 14.8. The summed E-state index contributed by atoms with van der Waals surface area (Å²) in [6.45, 7) is 14.1. The van der Waals surface area contributed by atoms with E-state index >= 15 is 0 Å². The van der Waals surface area contributed by atoms with Crippen LogP contribution in [0.3, 0.4) is 0 Å². The van der Waals surface area contributed by atoms with Gasteiger partial charge >= 0.3 is 5.97 Å².